The molecule has 0 bridgehead atoms. The van der Waals surface area contributed by atoms with Gasteiger partial charge in [-0.15, -0.1) is 0 Å². The summed E-state index contributed by atoms with van der Waals surface area (Å²) in [5.74, 6) is 0.936. The molecule has 0 fully saturated rings. The summed E-state index contributed by atoms with van der Waals surface area (Å²) in [4.78, 5) is 0. The lowest BCUT2D eigenvalue weighted by Crippen LogP contribution is -2.40. The van der Waals surface area contributed by atoms with E-state index in [-0.39, 0.29) is 12.3 Å². The largest absolute Gasteiger partial charge is 0.469 e. The molecule has 3 nitrogen and oxygen atoms in total. The molecule has 2 heterocycles. The third-order valence-corrected chi connectivity index (χ3v) is 5.31. The summed E-state index contributed by atoms with van der Waals surface area (Å²) in [5.41, 5.74) is 3.39. The van der Waals surface area contributed by atoms with Crippen molar-refractivity contribution in [2.75, 3.05) is 0 Å². The van der Waals surface area contributed by atoms with Crippen LogP contribution in [0, 0.1) is 0 Å². The number of rotatable bonds is 3. The Morgan fingerprint density at radius 3 is 2.79 bits per heavy atom. The van der Waals surface area contributed by atoms with Gasteiger partial charge >= 0.3 is 0 Å². The number of hydrogen-bond donors (Lipinski definition) is 0. The molecule has 0 saturated heterocycles. The van der Waals surface area contributed by atoms with Crippen molar-refractivity contribution >= 4 is 33.2 Å². The molecule has 0 amide bonds. The van der Waals surface area contributed by atoms with E-state index < -0.39 is 0 Å². The summed E-state index contributed by atoms with van der Waals surface area (Å²) in [6.45, 7) is 2.17. The first-order valence-corrected chi connectivity index (χ1v) is 9.40. The standard InChI is InChI=1S/C19H18BrClN2O/c1-2-3-19-23-17(15-10-14(21)8-9-18(15)24-19)11-16(22-23)12-4-6-13(20)7-5-12/h4-10,17,19H,2-3,11H2,1H3. The van der Waals surface area contributed by atoms with Crippen LogP contribution in [0.1, 0.15) is 43.4 Å². The average molecular weight is 406 g/mol. The molecule has 0 aromatic heterocycles. The van der Waals surface area contributed by atoms with Gasteiger partial charge in [0.2, 0.25) is 0 Å². The highest BCUT2D eigenvalue weighted by Crippen LogP contribution is 2.44. The van der Waals surface area contributed by atoms with Crippen molar-refractivity contribution in [3.8, 4) is 5.75 Å². The lowest BCUT2D eigenvalue weighted by molar-refractivity contribution is -0.0223. The number of benzene rings is 2. The van der Waals surface area contributed by atoms with E-state index >= 15 is 0 Å². The number of halogens is 2. The number of hydrazone groups is 1. The molecule has 24 heavy (non-hydrogen) atoms. The van der Waals surface area contributed by atoms with Crippen molar-refractivity contribution in [1.82, 2.24) is 5.01 Å². The van der Waals surface area contributed by atoms with Gasteiger partial charge in [-0.1, -0.05) is 53.0 Å². The third kappa shape index (κ3) is 2.82. The van der Waals surface area contributed by atoms with Crippen LogP contribution in [-0.4, -0.2) is 16.9 Å². The molecule has 2 aliphatic heterocycles. The van der Waals surface area contributed by atoms with Crippen LogP contribution >= 0.6 is 27.5 Å². The molecule has 0 N–H and O–H groups in total. The van der Waals surface area contributed by atoms with Crippen LogP contribution in [0.2, 0.25) is 5.02 Å². The molecule has 2 unspecified atom stereocenters. The summed E-state index contributed by atoms with van der Waals surface area (Å²) in [6, 6.07) is 14.4. The van der Waals surface area contributed by atoms with Gasteiger partial charge in [0, 0.05) is 27.9 Å². The molecule has 2 aromatic carbocycles. The zero-order chi connectivity index (χ0) is 16.7. The molecule has 2 atom stereocenters. The first-order valence-electron chi connectivity index (χ1n) is 8.23. The van der Waals surface area contributed by atoms with Gasteiger partial charge in [-0.05, 0) is 35.9 Å². The van der Waals surface area contributed by atoms with Crippen molar-refractivity contribution in [2.45, 2.75) is 38.5 Å². The Hall–Kier alpha value is -1.52. The topological polar surface area (TPSA) is 24.8 Å². The average Bonchev–Trinajstić information content (AvgIpc) is 3.02. The van der Waals surface area contributed by atoms with Gasteiger partial charge in [0.1, 0.15) is 5.75 Å². The first-order chi connectivity index (χ1) is 11.7. The molecule has 0 saturated carbocycles. The molecule has 5 heteroatoms. The fraction of sp³-hybridized carbons (Fsp3) is 0.316. The Morgan fingerprint density at radius 1 is 1.25 bits per heavy atom. The van der Waals surface area contributed by atoms with Gasteiger partial charge in [-0.3, -0.25) is 5.01 Å². The minimum atomic E-state index is -0.0124. The second kappa shape index (κ2) is 6.41. The Bertz CT molecular complexity index is 790. The van der Waals surface area contributed by atoms with Crippen molar-refractivity contribution in [3.05, 3.63) is 63.1 Å². The Kier molecular flexibility index (Phi) is 4.27. The summed E-state index contributed by atoms with van der Waals surface area (Å²) >= 11 is 9.71. The minimum Gasteiger partial charge on any atom is -0.469 e. The van der Waals surface area contributed by atoms with Crippen LogP contribution in [0.3, 0.4) is 0 Å². The molecule has 124 valence electrons. The van der Waals surface area contributed by atoms with Crippen molar-refractivity contribution in [2.24, 2.45) is 5.10 Å². The van der Waals surface area contributed by atoms with E-state index in [1.54, 1.807) is 0 Å². The van der Waals surface area contributed by atoms with Crippen LogP contribution in [-0.2, 0) is 0 Å². The van der Waals surface area contributed by atoms with E-state index in [0.29, 0.717) is 0 Å². The zero-order valence-corrected chi connectivity index (χ0v) is 15.7. The molecular formula is C19H18BrClN2O. The summed E-state index contributed by atoms with van der Waals surface area (Å²) in [5, 5.41) is 7.77. The predicted octanol–water partition coefficient (Wildman–Crippen LogP) is 5.77. The monoisotopic (exact) mass is 404 g/mol. The summed E-state index contributed by atoms with van der Waals surface area (Å²) in [6.07, 6.45) is 2.87. The van der Waals surface area contributed by atoms with Crippen molar-refractivity contribution in [1.29, 1.82) is 0 Å². The van der Waals surface area contributed by atoms with E-state index in [2.05, 4.69) is 52.1 Å². The Labute approximate surface area is 155 Å². The fourth-order valence-electron chi connectivity index (χ4n) is 3.39. The van der Waals surface area contributed by atoms with Gasteiger partial charge in [0.15, 0.2) is 6.23 Å². The SMILES string of the molecule is CCCC1Oc2ccc(Cl)cc2C2CC(c3ccc(Br)cc3)=NN12. The lowest BCUT2D eigenvalue weighted by Gasteiger charge is -2.38. The maximum Gasteiger partial charge on any atom is 0.187 e. The predicted molar refractivity (Wildman–Crippen MR) is 101 cm³/mol. The van der Waals surface area contributed by atoms with Crippen molar-refractivity contribution < 1.29 is 4.74 Å². The van der Waals surface area contributed by atoms with E-state index in [1.807, 2.05) is 18.2 Å². The highest BCUT2D eigenvalue weighted by Gasteiger charge is 2.39. The molecule has 0 radical (unpaired) electrons. The molecule has 2 aliphatic rings. The molecule has 4 rings (SSSR count). The van der Waals surface area contributed by atoms with E-state index in [0.717, 1.165) is 51.3 Å². The summed E-state index contributed by atoms with van der Waals surface area (Å²) in [7, 11) is 0. The summed E-state index contributed by atoms with van der Waals surface area (Å²) < 4.78 is 7.27. The maximum atomic E-state index is 6.22. The molecule has 0 aliphatic carbocycles. The fourth-order valence-corrected chi connectivity index (χ4v) is 3.83. The Morgan fingerprint density at radius 2 is 2.04 bits per heavy atom. The minimum absolute atomic E-state index is 0.0124. The van der Waals surface area contributed by atoms with E-state index in [9.17, 15) is 0 Å². The molecule has 2 aromatic rings. The van der Waals surface area contributed by atoms with Crippen LogP contribution in [0.15, 0.2) is 52.0 Å². The van der Waals surface area contributed by atoms with Crippen LogP contribution < -0.4 is 4.74 Å². The van der Waals surface area contributed by atoms with Crippen LogP contribution in [0.4, 0.5) is 0 Å². The Balaban J connectivity index is 1.72. The highest BCUT2D eigenvalue weighted by molar-refractivity contribution is 9.10. The van der Waals surface area contributed by atoms with E-state index in [1.165, 1.54) is 0 Å². The zero-order valence-electron chi connectivity index (χ0n) is 13.4. The van der Waals surface area contributed by atoms with Crippen LogP contribution in [0.25, 0.3) is 0 Å². The third-order valence-electron chi connectivity index (χ3n) is 4.54. The smallest absolute Gasteiger partial charge is 0.187 e. The quantitative estimate of drug-likeness (QED) is 0.647. The first kappa shape index (κ1) is 16.0. The van der Waals surface area contributed by atoms with Gasteiger partial charge in [0.05, 0.1) is 11.8 Å². The molecule has 0 spiro atoms. The van der Waals surface area contributed by atoms with Gasteiger partial charge in [-0.25, -0.2) is 0 Å². The number of ether oxygens (including phenoxy) is 1. The normalized spacial score (nSPS) is 21.8. The van der Waals surface area contributed by atoms with Gasteiger partial charge < -0.3 is 4.74 Å². The second-order valence-corrected chi connectivity index (χ2v) is 7.55. The maximum absolute atomic E-state index is 6.22. The number of fused-ring (bicyclic) bond motifs is 3. The number of hydrogen-bond acceptors (Lipinski definition) is 3. The molecular weight excluding hydrogens is 388 g/mol. The highest BCUT2D eigenvalue weighted by atomic mass is 79.9. The lowest BCUT2D eigenvalue weighted by atomic mass is 9.96. The van der Waals surface area contributed by atoms with Crippen LogP contribution in [0.5, 0.6) is 5.75 Å². The van der Waals surface area contributed by atoms with E-state index in [4.69, 9.17) is 21.4 Å². The second-order valence-electron chi connectivity index (χ2n) is 6.20. The van der Waals surface area contributed by atoms with Crippen molar-refractivity contribution in [3.63, 3.8) is 0 Å². The number of nitrogens with zero attached hydrogens (tertiary/aromatic N) is 2. The van der Waals surface area contributed by atoms with Gasteiger partial charge in [-0.2, -0.15) is 5.10 Å². The van der Waals surface area contributed by atoms with Gasteiger partial charge in [0.25, 0.3) is 0 Å².